The molecule has 0 aliphatic heterocycles. The fourth-order valence-electron chi connectivity index (χ4n) is 1.23. The van der Waals surface area contributed by atoms with Crippen LogP contribution in [0.25, 0.3) is 0 Å². The van der Waals surface area contributed by atoms with Crippen molar-refractivity contribution < 1.29 is 31.1 Å². The molecular weight excluding hydrogens is 431 g/mol. The van der Waals surface area contributed by atoms with E-state index in [2.05, 4.69) is 15.0 Å². The molecule has 4 nitrogen and oxygen atoms in total. The van der Waals surface area contributed by atoms with Gasteiger partial charge in [0.1, 0.15) is 5.75 Å². The summed E-state index contributed by atoms with van der Waals surface area (Å²) in [7, 11) is 0. The Hall–Kier alpha value is -1.40. The third-order valence-corrected chi connectivity index (χ3v) is 2.04. The second-order valence-electron chi connectivity index (χ2n) is 3.83. The predicted octanol–water partition coefficient (Wildman–Crippen LogP) is 3.88. The van der Waals surface area contributed by atoms with Crippen LogP contribution in [0.2, 0.25) is 0 Å². The van der Waals surface area contributed by atoms with Crippen molar-refractivity contribution in [2.45, 2.75) is 19.0 Å². The van der Waals surface area contributed by atoms with Crippen molar-refractivity contribution >= 4 is 35.6 Å². The lowest BCUT2D eigenvalue weighted by Crippen LogP contribution is -2.23. The first-order valence-electron chi connectivity index (χ1n) is 5.55. The number of rotatable bonds is 4. The van der Waals surface area contributed by atoms with Crippen LogP contribution in [0, 0.1) is 0 Å². The van der Waals surface area contributed by atoms with Gasteiger partial charge in [-0.05, 0) is 24.3 Å². The van der Waals surface area contributed by atoms with Crippen LogP contribution in [0.1, 0.15) is 6.42 Å². The number of benzene rings is 1. The Bertz CT molecular complexity index is 486. The minimum atomic E-state index is -4.80. The van der Waals surface area contributed by atoms with Gasteiger partial charge in [-0.1, -0.05) is 0 Å². The van der Waals surface area contributed by atoms with E-state index in [1.54, 1.807) is 0 Å². The van der Waals surface area contributed by atoms with E-state index in [1.165, 1.54) is 12.1 Å². The first-order chi connectivity index (χ1) is 9.55. The Balaban J connectivity index is 0.00000441. The molecular formula is C11H12F6IN3O. The molecule has 1 rings (SSSR count). The molecule has 126 valence electrons. The largest absolute Gasteiger partial charge is 0.573 e. The molecule has 0 fully saturated rings. The van der Waals surface area contributed by atoms with Gasteiger partial charge in [-0.3, -0.25) is 4.99 Å². The Morgan fingerprint density at radius 1 is 1.09 bits per heavy atom. The highest BCUT2D eigenvalue weighted by molar-refractivity contribution is 14.0. The molecule has 0 unspecified atom stereocenters. The van der Waals surface area contributed by atoms with Gasteiger partial charge in [0.2, 0.25) is 0 Å². The van der Waals surface area contributed by atoms with E-state index in [-0.39, 0.29) is 35.6 Å². The monoisotopic (exact) mass is 443 g/mol. The summed E-state index contributed by atoms with van der Waals surface area (Å²) in [6.07, 6.45) is -10.2. The molecule has 0 aliphatic rings. The van der Waals surface area contributed by atoms with Gasteiger partial charge in [-0.2, -0.15) is 13.2 Å². The highest BCUT2D eigenvalue weighted by atomic mass is 127. The molecule has 0 amide bonds. The molecule has 0 heterocycles. The van der Waals surface area contributed by atoms with Crippen molar-refractivity contribution in [1.29, 1.82) is 0 Å². The first-order valence-corrected chi connectivity index (χ1v) is 5.55. The number of hydrogen-bond donors (Lipinski definition) is 2. The van der Waals surface area contributed by atoms with Crippen LogP contribution < -0.4 is 15.8 Å². The van der Waals surface area contributed by atoms with E-state index in [0.717, 1.165) is 12.1 Å². The number of anilines is 1. The third-order valence-electron chi connectivity index (χ3n) is 2.04. The number of nitrogens with one attached hydrogen (secondary N) is 1. The Morgan fingerprint density at radius 3 is 2.09 bits per heavy atom. The van der Waals surface area contributed by atoms with Crippen LogP contribution in [-0.2, 0) is 0 Å². The molecule has 3 N–H and O–H groups in total. The molecule has 1 aromatic rings. The van der Waals surface area contributed by atoms with Gasteiger partial charge in [0.25, 0.3) is 0 Å². The zero-order valence-electron chi connectivity index (χ0n) is 10.8. The number of nitrogens with two attached hydrogens (primary N) is 1. The van der Waals surface area contributed by atoms with Crippen molar-refractivity contribution in [2.75, 3.05) is 11.9 Å². The van der Waals surface area contributed by atoms with E-state index in [4.69, 9.17) is 5.73 Å². The van der Waals surface area contributed by atoms with Crippen LogP contribution in [0.4, 0.5) is 32.0 Å². The summed E-state index contributed by atoms with van der Waals surface area (Å²) < 4.78 is 75.0. The average molecular weight is 443 g/mol. The van der Waals surface area contributed by atoms with Crippen LogP contribution >= 0.6 is 24.0 Å². The fraction of sp³-hybridized carbons (Fsp3) is 0.364. The van der Waals surface area contributed by atoms with Gasteiger partial charge in [0, 0.05) is 5.69 Å². The number of aliphatic imine (C=N–C) groups is 1. The van der Waals surface area contributed by atoms with Crippen molar-refractivity contribution in [3.63, 3.8) is 0 Å². The zero-order valence-corrected chi connectivity index (χ0v) is 13.2. The minimum absolute atomic E-state index is 0. The lowest BCUT2D eigenvalue weighted by molar-refractivity contribution is -0.274. The van der Waals surface area contributed by atoms with E-state index in [1.807, 2.05) is 0 Å². The van der Waals surface area contributed by atoms with Crippen molar-refractivity contribution in [2.24, 2.45) is 10.7 Å². The van der Waals surface area contributed by atoms with Crippen molar-refractivity contribution in [3.05, 3.63) is 24.3 Å². The summed E-state index contributed by atoms with van der Waals surface area (Å²) >= 11 is 0. The number of guanidine groups is 1. The predicted molar refractivity (Wildman–Crippen MR) is 79.3 cm³/mol. The topological polar surface area (TPSA) is 59.6 Å². The molecule has 0 atom stereocenters. The Labute approximate surface area is 138 Å². The SMILES string of the molecule is I.NC(=NCCC(F)(F)F)Nc1ccc(OC(F)(F)F)cc1. The quantitative estimate of drug-likeness (QED) is 0.322. The van der Waals surface area contributed by atoms with E-state index in [9.17, 15) is 26.3 Å². The standard InChI is InChI=1S/C11H11F6N3O.HI/c12-10(13,14)5-6-19-9(18)20-7-1-3-8(4-2-7)21-11(15,16)17;/h1-4H,5-6H2,(H3,18,19,20);1H. The lowest BCUT2D eigenvalue weighted by Gasteiger charge is -2.10. The molecule has 11 heteroatoms. The van der Waals surface area contributed by atoms with Crippen LogP contribution in [0.5, 0.6) is 5.75 Å². The Kier molecular flexibility index (Phi) is 7.76. The highest BCUT2D eigenvalue weighted by Crippen LogP contribution is 2.24. The molecule has 0 bridgehead atoms. The number of nitrogens with zero attached hydrogens (tertiary/aromatic N) is 1. The van der Waals surface area contributed by atoms with Crippen LogP contribution in [0.3, 0.4) is 0 Å². The molecule has 0 saturated carbocycles. The second kappa shape index (κ2) is 8.29. The summed E-state index contributed by atoms with van der Waals surface area (Å²) in [5, 5.41) is 2.44. The van der Waals surface area contributed by atoms with Gasteiger partial charge in [0.05, 0.1) is 13.0 Å². The molecule has 0 aliphatic carbocycles. The van der Waals surface area contributed by atoms with Gasteiger partial charge in [-0.15, -0.1) is 37.1 Å². The number of alkyl halides is 6. The number of halogens is 7. The molecule has 22 heavy (non-hydrogen) atoms. The molecule has 0 spiro atoms. The molecule has 1 aromatic carbocycles. The summed E-state index contributed by atoms with van der Waals surface area (Å²) in [5.74, 6) is -0.704. The Morgan fingerprint density at radius 2 is 1.64 bits per heavy atom. The van der Waals surface area contributed by atoms with Gasteiger partial charge >= 0.3 is 12.5 Å². The molecule has 0 saturated heterocycles. The average Bonchev–Trinajstić information content (AvgIpc) is 2.28. The molecule has 0 radical (unpaired) electrons. The maximum Gasteiger partial charge on any atom is 0.573 e. The number of hydrogen-bond acceptors (Lipinski definition) is 2. The highest BCUT2D eigenvalue weighted by Gasteiger charge is 2.31. The summed E-state index contributed by atoms with van der Waals surface area (Å²) in [5.41, 5.74) is 5.60. The van der Waals surface area contributed by atoms with Gasteiger partial charge in [0.15, 0.2) is 5.96 Å². The maximum absolute atomic E-state index is 11.9. The minimum Gasteiger partial charge on any atom is -0.406 e. The van der Waals surface area contributed by atoms with E-state index < -0.39 is 31.3 Å². The number of ether oxygens (including phenoxy) is 1. The third kappa shape index (κ3) is 9.52. The van der Waals surface area contributed by atoms with Crippen molar-refractivity contribution in [3.8, 4) is 5.75 Å². The van der Waals surface area contributed by atoms with Crippen molar-refractivity contribution in [1.82, 2.24) is 0 Å². The van der Waals surface area contributed by atoms with E-state index >= 15 is 0 Å². The summed E-state index contributed by atoms with van der Waals surface area (Å²) in [6.45, 7) is -0.544. The zero-order chi connectivity index (χ0) is 16.1. The lowest BCUT2D eigenvalue weighted by atomic mass is 10.3. The summed E-state index contributed by atoms with van der Waals surface area (Å²) in [4.78, 5) is 3.44. The van der Waals surface area contributed by atoms with Gasteiger partial charge < -0.3 is 15.8 Å². The van der Waals surface area contributed by atoms with Gasteiger partial charge in [-0.25, -0.2) is 0 Å². The fourth-order valence-corrected chi connectivity index (χ4v) is 1.23. The smallest absolute Gasteiger partial charge is 0.406 e. The van der Waals surface area contributed by atoms with Crippen LogP contribution in [0.15, 0.2) is 29.3 Å². The first kappa shape index (κ1) is 20.6. The van der Waals surface area contributed by atoms with E-state index in [0.29, 0.717) is 0 Å². The normalized spacial score (nSPS) is 12.5. The van der Waals surface area contributed by atoms with Crippen LogP contribution in [-0.4, -0.2) is 25.0 Å². The molecule has 0 aromatic heterocycles. The summed E-state index contributed by atoms with van der Waals surface area (Å²) in [6, 6.07) is 4.48. The second-order valence-corrected chi connectivity index (χ2v) is 3.83. The maximum atomic E-state index is 11.9.